The number of benzene rings is 1. The summed E-state index contributed by atoms with van der Waals surface area (Å²) in [6.45, 7) is 5.08. The minimum Gasteiger partial charge on any atom is -0.497 e. The molecule has 1 heterocycles. The normalized spacial score (nSPS) is 19.7. The summed E-state index contributed by atoms with van der Waals surface area (Å²) in [5.41, 5.74) is 1.16. The second kappa shape index (κ2) is 5.84. The van der Waals surface area contributed by atoms with Gasteiger partial charge in [-0.3, -0.25) is 0 Å². The molecule has 0 aliphatic carbocycles. The number of rotatable bonds is 7. The van der Waals surface area contributed by atoms with Crippen molar-refractivity contribution in [3.63, 3.8) is 0 Å². The first kappa shape index (κ1) is 12.1. The highest BCUT2D eigenvalue weighted by Gasteiger charge is 2.27. The van der Waals surface area contributed by atoms with Gasteiger partial charge in [0.1, 0.15) is 5.75 Å². The van der Waals surface area contributed by atoms with Crippen molar-refractivity contribution in [3.8, 4) is 5.75 Å². The summed E-state index contributed by atoms with van der Waals surface area (Å²) in [5, 5.41) is 0. The molecule has 1 fully saturated rings. The lowest BCUT2D eigenvalue weighted by molar-refractivity contribution is 0.0613. The molecule has 0 radical (unpaired) electrons. The van der Waals surface area contributed by atoms with Crippen LogP contribution in [-0.4, -0.2) is 26.4 Å². The van der Waals surface area contributed by atoms with E-state index in [1.807, 2.05) is 24.3 Å². The van der Waals surface area contributed by atoms with Crippen LogP contribution in [0.1, 0.15) is 18.1 Å². The third kappa shape index (κ3) is 3.58. The number of hydrogen-bond acceptors (Lipinski definition) is 3. The Kier molecular flexibility index (Phi) is 4.18. The Morgan fingerprint density at radius 2 is 2.18 bits per heavy atom. The molecule has 0 aromatic heterocycles. The molecule has 2 rings (SSSR count). The average Bonchev–Trinajstić information content (AvgIpc) is 3.18. The summed E-state index contributed by atoms with van der Waals surface area (Å²) in [6, 6.07) is 7.98. The van der Waals surface area contributed by atoms with Gasteiger partial charge >= 0.3 is 0 Å². The van der Waals surface area contributed by atoms with E-state index < -0.39 is 0 Å². The van der Waals surface area contributed by atoms with Crippen molar-refractivity contribution in [2.75, 3.05) is 20.3 Å². The summed E-state index contributed by atoms with van der Waals surface area (Å²) in [5.74, 6) is 0.860. The molecule has 0 amide bonds. The summed E-state index contributed by atoms with van der Waals surface area (Å²) in [7, 11) is 1.67. The fourth-order valence-electron chi connectivity index (χ4n) is 1.75. The number of methoxy groups -OCH3 is 1. The summed E-state index contributed by atoms with van der Waals surface area (Å²) >= 11 is 0. The van der Waals surface area contributed by atoms with Crippen LogP contribution in [0.15, 0.2) is 36.9 Å². The highest BCUT2D eigenvalue weighted by atomic mass is 16.6. The zero-order valence-corrected chi connectivity index (χ0v) is 10.1. The lowest BCUT2D eigenvalue weighted by Gasteiger charge is -2.16. The Hall–Kier alpha value is -1.32. The van der Waals surface area contributed by atoms with Crippen molar-refractivity contribution in [1.82, 2.24) is 0 Å². The van der Waals surface area contributed by atoms with E-state index in [9.17, 15) is 0 Å². The topological polar surface area (TPSA) is 31.0 Å². The maximum atomic E-state index is 5.76. The van der Waals surface area contributed by atoms with Gasteiger partial charge in [0.15, 0.2) is 0 Å². The van der Waals surface area contributed by atoms with Crippen LogP contribution in [-0.2, 0) is 9.47 Å². The molecule has 0 bridgehead atoms. The number of ether oxygens (including phenoxy) is 3. The second-order valence-electron chi connectivity index (χ2n) is 4.07. The summed E-state index contributed by atoms with van der Waals surface area (Å²) in [4.78, 5) is 0. The third-order valence-corrected chi connectivity index (χ3v) is 2.78. The fraction of sp³-hybridized carbons (Fsp3) is 0.429. The summed E-state index contributed by atoms with van der Waals surface area (Å²) in [6.07, 6.45) is 3.10. The van der Waals surface area contributed by atoms with Gasteiger partial charge in [-0.2, -0.15) is 0 Å². The molecule has 0 N–H and O–H groups in total. The van der Waals surface area contributed by atoms with Gasteiger partial charge in [0, 0.05) is 6.42 Å². The van der Waals surface area contributed by atoms with Gasteiger partial charge in [-0.1, -0.05) is 18.2 Å². The molecule has 1 aromatic rings. The van der Waals surface area contributed by atoms with Gasteiger partial charge in [-0.15, -0.1) is 6.58 Å². The van der Waals surface area contributed by atoms with Crippen LogP contribution in [0, 0.1) is 0 Å². The predicted molar refractivity (Wildman–Crippen MR) is 66.2 cm³/mol. The fourth-order valence-corrected chi connectivity index (χ4v) is 1.75. The van der Waals surface area contributed by atoms with Crippen molar-refractivity contribution in [1.29, 1.82) is 0 Å². The van der Waals surface area contributed by atoms with E-state index in [2.05, 4.69) is 6.58 Å². The van der Waals surface area contributed by atoms with Crippen LogP contribution in [0.4, 0.5) is 0 Å². The Bertz CT molecular complexity index is 354. The Morgan fingerprint density at radius 1 is 1.47 bits per heavy atom. The first-order chi connectivity index (χ1) is 8.33. The van der Waals surface area contributed by atoms with Crippen LogP contribution in [0.3, 0.4) is 0 Å². The minimum atomic E-state index is 0.0754. The van der Waals surface area contributed by atoms with Gasteiger partial charge in [-0.05, 0) is 17.7 Å². The smallest absolute Gasteiger partial charge is 0.118 e. The molecule has 3 heteroatoms. The standard InChI is InChI=1S/C14H18O3/c1-3-8-16-14(9-13-10-17-13)11-4-6-12(15-2)7-5-11/h3-7,13-14H,1,8-10H2,2H3. The van der Waals surface area contributed by atoms with Gasteiger partial charge < -0.3 is 14.2 Å². The average molecular weight is 234 g/mol. The lowest BCUT2D eigenvalue weighted by atomic mass is 10.0. The molecule has 1 aliphatic heterocycles. The van der Waals surface area contributed by atoms with E-state index >= 15 is 0 Å². The van der Waals surface area contributed by atoms with E-state index in [1.54, 1.807) is 13.2 Å². The zero-order valence-electron chi connectivity index (χ0n) is 10.1. The Labute approximate surface area is 102 Å². The van der Waals surface area contributed by atoms with Crippen molar-refractivity contribution in [2.45, 2.75) is 18.6 Å². The van der Waals surface area contributed by atoms with Crippen LogP contribution in [0.2, 0.25) is 0 Å². The van der Waals surface area contributed by atoms with Crippen LogP contribution in [0.5, 0.6) is 5.75 Å². The molecule has 0 saturated carbocycles. The lowest BCUT2D eigenvalue weighted by Crippen LogP contribution is -2.07. The molecular weight excluding hydrogens is 216 g/mol. The first-order valence-corrected chi connectivity index (χ1v) is 5.81. The highest BCUT2D eigenvalue weighted by Crippen LogP contribution is 2.29. The predicted octanol–water partition coefficient (Wildman–Crippen LogP) is 2.73. The van der Waals surface area contributed by atoms with Gasteiger partial charge in [-0.25, -0.2) is 0 Å². The minimum absolute atomic E-state index is 0.0754. The van der Waals surface area contributed by atoms with E-state index in [-0.39, 0.29) is 6.10 Å². The molecule has 3 nitrogen and oxygen atoms in total. The molecule has 0 spiro atoms. The molecular formula is C14H18O3. The van der Waals surface area contributed by atoms with Crippen LogP contribution < -0.4 is 4.74 Å². The second-order valence-corrected chi connectivity index (χ2v) is 4.07. The molecule has 17 heavy (non-hydrogen) atoms. The molecule has 92 valence electrons. The van der Waals surface area contributed by atoms with E-state index in [4.69, 9.17) is 14.2 Å². The molecule has 1 saturated heterocycles. The molecule has 1 aliphatic rings. The molecule has 2 unspecified atom stereocenters. The quantitative estimate of drug-likeness (QED) is 0.537. The maximum Gasteiger partial charge on any atom is 0.118 e. The molecule has 1 aromatic carbocycles. The van der Waals surface area contributed by atoms with Crippen LogP contribution in [0.25, 0.3) is 0 Å². The van der Waals surface area contributed by atoms with Crippen molar-refractivity contribution < 1.29 is 14.2 Å². The SMILES string of the molecule is C=CCOC(CC1CO1)c1ccc(OC)cc1. The van der Waals surface area contributed by atoms with Gasteiger partial charge in [0.05, 0.1) is 32.5 Å². The zero-order chi connectivity index (χ0) is 12.1. The number of epoxide rings is 1. The maximum absolute atomic E-state index is 5.76. The van der Waals surface area contributed by atoms with E-state index in [1.165, 1.54) is 0 Å². The van der Waals surface area contributed by atoms with Crippen LogP contribution >= 0.6 is 0 Å². The van der Waals surface area contributed by atoms with Crippen molar-refractivity contribution >= 4 is 0 Å². The van der Waals surface area contributed by atoms with Crippen molar-refractivity contribution in [3.05, 3.63) is 42.5 Å². The van der Waals surface area contributed by atoms with Gasteiger partial charge in [0.2, 0.25) is 0 Å². The largest absolute Gasteiger partial charge is 0.497 e. The van der Waals surface area contributed by atoms with E-state index in [0.29, 0.717) is 12.7 Å². The first-order valence-electron chi connectivity index (χ1n) is 5.81. The third-order valence-electron chi connectivity index (χ3n) is 2.78. The van der Waals surface area contributed by atoms with Crippen molar-refractivity contribution in [2.24, 2.45) is 0 Å². The summed E-state index contributed by atoms with van der Waals surface area (Å²) < 4.78 is 16.2. The Morgan fingerprint density at radius 3 is 2.71 bits per heavy atom. The molecule has 2 atom stereocenters. The Balaban J connectivity index is 2.02. The monoisotopic (exact) mass is 234 g/mol. The van der Waals surface area contributed by atoms with E-state index in [0.717, 1.165) is 24.3 Å². The van der Waals surface area contributed by atoms with Gasteiger partial charge in [0.25, 0.3) is 0 Å². The number of hydrogen-bond donors (Lipinski definition) is 0. The highest BCUT2D eigenvalue weighted by molar-refractivity contribution is 5.28.